The van der Waals surface area contributed by atoms with Crippen molar-refractivity contribution in [3.05, 3.63) is 33.8 Å². The molecule has 0 amide bonds. The van der Waals surface area contributed by atoms with Gasteiger partial charge in [0.2, 0.25) is 0 Å². The van der Waals surface area contributed by atoms with Crippen molar-refractivity contribution in [1.29, 1.82) is 0 Å². The van der Waals surface area contributed by atoms with Gasteiger partial charge in [0, 0.05) is 5.56 Å². The fraction of sp³-hybridized carbons (Fsp3) is 0.222. The lowest BCUT2D eigenvalue weighted by Crippen LogP contribution is -1.98. The Morgan fingerprint density at radius 1 is 1.36 bits per heavy atom. The molecule has 0 aliphatic carbocycles. The van der Waals surface area contributed by atoms with Crippen molar-refractivity contribution >= 4 is 21.6 Å². The standard InChI is InChI=1S/C9H8BrF2NO/c1-5(13-14-2)6-3-7(11)9(10)8(12)4-6/h3-4H,1-2H3. The zero-order chi connectivity index (χ0) is 10.7. The topological polar surface area (TPSA) is 21.6 Å². The molecule has 0 fully saturated rings. The molecule has 2 nitrogen and oxygen atoms in total. The van der Waals surface area contributed by atoms with E-state index in [1.54, 1.807) is 6.92 Å². The van der Waals surface area contributed by atoms with Gasteiger partial charge in [-0.1, -0.05) is 5.16 Å². The van der Waals surface area contributed by atoms with Crippen LogP contribution in [0.15, 0.2) is 21.8 Å². The predicted molar refractivity (Wildman–Crippen MR) is 53.3 cm³/mol. The van der Waals surface area contributed by atoms with E-state index in [0.717, 1.165) is 0 Å². The van der Waals surface area contributed by atoms with Crippen LogP contribution >= 0.6 is 15.9 Å². The Labute approximate surface area is 88.7 Å². The van der Waals surface area contributed by atoms with Gasteiger partial charge in [0.25, 0.3) is 0 Å². The molecule has 0 N–H and O–H groups in total. The van der Waals surface area contributed by atoms with Crippen LogP contribution in [0.5, 0.6) is 0 Å². The molecule has 76 valence electrons. The maximum atomic E-state index is 13.1. The molecule has 0 saturated carbocycles. The van der Waals surface area contributed by atoms with Crippen molar-refractivity contribution in [3.63, 3.8) is 0 Å². The highest BCUT2D eigenvalue weighted by molar-refractivity contribution is 9.10. The van der Waals surface area contributed by atoms with E-state index in [1.807, 2.05) is 0 Å². The second-order valence-corrected chi connectivity index (χ2v) is 3.41. The molecule has 0 aliphatic heterocycles. The van der Waals surface area contributed by atoms with Crippen molar-refractivity contribution in [3.8, 4) is 0 Å². The lowest BCUT2D eigenvalue weighted by Gasteiger charge is -2.02. The van der Waals surface area contributed by atoms with Gasteiger partial charge in [-0.15, -0.1) is 0 Å². The zero-order valence-electron chi connectivity index (χ0n) is 7.64. The third kappa shape index (κ3) is 2.29. The van der Waals surface area contributed by atoms with Gasteiger partial charge in [-0.2, -0.15) is 0 Å². The number of hydrogen-bond acceptors (Lipinski definition) is 2. The summed E-state index contributed by atoms with van der Waals surface area (Å²) in [5.74, 6) is -1.32. The largest absolute Gasteiger partial charge is 0.399 e. The van der Waals surface area contributed by atoms with Crippen LogP contribution in [0.1, 0.15) is 12.5 Å². The van der Waals surface area contributed by atoms with Crippen molar-refractivity contribution in [2.24, 2.45) is 5.16 Å². The fourth-order valence-electron chi connectivity index (χ4n) is 0.954. The number of benzene rings is 1. The summed E-state index contributed by atoms with van der Waals surface area (Å²) >= 11 is 2.78. The smallest absolute Gasteiger partial charge is 0.141 e. The summed E-state index contributed by atoms with van der Waals surface area (Å²) in [5.41, 5.74) is 0.767. The van der Waals surface area contributed by atoms with E-state index in [2.05, 4.69) is 25.9 Å². The average molecular weight is 264 g/mol. The van der Waals surface area contributed by atoms with Gasteiger partial charge >= 0.3 is 0 Å². The van der Waals surface area contributed by atoms with Gasteiger partial charge in [0.05, 0.1) is 10.2 Å². The number of rotatable bonds is 2. The van der Waals surface area contributed by atoms with Gasteiger partial charge < -0.3 is 4.84 Å². The lowest BCUT2D eigenvalue weighted by atomic mass is 10.1. The predicted octanol–water partition coefficient (Wildman–Crippen LogP) is 3.10. The summed E-state index contributed by atoms with van der Waals surface area (Å²) in [6.45, 7) is 1.60. The summed E-state index contributed by atoms with van der Waals surface area (Å²) in [6, 6.07) is 2.37. The lowest BCUT2D eigenvalue weighted by molar-refractivity contribution is 0.213. The van der Waals surface area contributed by atoms with Gasteiger partial charge in [-0.25, -0.2) is 8.78 Å². The maximum absolute atomic E-state index is 13.1. The van der Waals surface area contributed by atoms with Crippen LogP contribution in [0.3, 0.4) is 0 Å². The minimum Gasteiger partial charge on any atom is -0.399 e. The number of halogens is 3. The van der Waals surface area contributed by atoms with Crippen LogP contribution in [0.2, 0.25) is 0 Å². The average Bonchev–Trinajstić information content (AvgIpc) is 2.13. The molecule has 5 heteroatoms. The quantitative estimate of drug-likeness (QED) is 0.457. The summed E-state index contributed by atoms with van der Waals surface area (Å²) < 4.78 is 25.9. The Kier molecular flexibility index (Phi) is 3.57. The SMILES string of the molecule is CON=C(C)c1cc(F)c(Br)c(F)c1. The molecule has 14 heavy (non-hydrogen) atoms. The second-order valence-electron chi connectivity index (χ2n) is 2.61. The van der Waals surface area contributed by atoms with E-state index in [-0.39, 0.29) is 4.47 Å². The molecular weight excluding hydrogens is 256 g/mol. The molecule has 1 rings (SSSR count). The monoisotopic (exact) mass is 263 g/mol. The van der Waals surface area contributed by atoms with E-state index in [1.165, 1.54) is 19.2 Å². The van der Waals surface area contributed by atoms with Crippen molar-refractivity contribution < 1.29 is 13.6 Å². The Morgan fingerprint density at radius 2 is 1.86 bits per heavy atom. The van der Waals surface area contributed by atoms with Crippen LogP contribution in [0.4, 0.5) is 8.78 Å². The van der Waals surface area contributed by atoms with Crippen LogP contribution in [0, 0.1) is 11.6 Å². The molecule has 0 aliphatic rings. The molecule has 0 heterocycles. The normalized spacial score (nSPS) is 11.6. The van der Waals surface area contributed by atoms with E-state index in [0.29, 0.717) is 11.3 Å². The minimum absolute atomic E-state index is 0.175. The Morgan fingerprint density at radius 3 is 2.29 bits per heavy atom. The highest BCUT2D eigenvalue weighted by Gasteiger charge is 2.09. The molecular formula is C9H8BrF2NO. The summed E-state index contributed by atoms with van der Waals surface area (Å²) in [6.07, 6.45) is 0. The summed E-state index contributed by atoms with van der Waals surface area (Å²) in [7, 11) is 1.37. The molecule has 0 radical (unpaired) electrons. The molecule has 0 atom stereocenters. The third-order valence-corrected chi connectivity index (χ3v) is 2.39. The summed E-state index contributed by atoms with van der Waals surface area (Å²) in [5, 5.41) is 3.57. The first kappa shape index (κ1) is 11.1. The van der Waals surface area contributed by atoms with E-state index >= 15 is 0 Å². The minimum atomic E-state index is -0.661. The van der Waals surface area contributed by atoms with E-state index in [9.17, 15) is 8.78 Å². The highest BCUT2D eigenvalue weighted by Crippen LogP contribution is 2.21. The molecule has 0 spiro atoms. The zero-order valence-corrected chi connectivity index (χ0v) is 9.23. The number of oxime groups is 1. The van der Waals surface area contributed by atoms with Crippen LogP contribution < -0.4 is 0 Å². The second kappa shape index (κ2) is 4.50. The van der Waals surface area contributed by atoms with E-state index in [4.69, 9.17) is 0 Å². The van der Waals surface area contributed by atoms with Crippen LogP contribution in [0.25, 0.3) is 0 Å². The molecule has 0 aromatic heterocycles. The van der Waals surface area contributed by atoms with Crippen molar-refractivity contribution in [2.45, 2.75) is 6.92 Å². The molecule has 0 unspecified atom stereocenters. The molecule has 1 aromatic rings. The van der Waals surface area contributed by atoms with Gasteiger partial charge in [-0.3, -0.25) is 0 Å². The Hall–Kier alpha value is -0.970. The van der Waals surface area contributed by atoms with Crippen molar-refractivity contribution in [1.82, 2.24) is 0 Å². The maximum Gasteiger partial charge on any atom is 0.141 e. The first-order valence-electron chi connectivity index (χ1n) is 3.79. The molecule has 0 bridgehead atoms. The highest BCUT2D eigenvalue weighted by atomic mass is 79.9. The fourth-order valence-corrected chi connectivity index (χ4v) is 1.18. The molecule has 0 saturated heterocycles. The van der Waals surface area contributed by atoms with Gasteiger partial charge in [0.1, 0.15) is 18.7 Å². The first-order valence-corrected chi connectivity index (χ1v) is 4.58. The summed E-state index contributed by atoms with van der Waals surface area (Å²) in [4.78, 5) is 4.50. The van der Waals surface area contributed by atoms with Gasteiger partial charge in [-0.05, 0) is 35.0 Å². The Balaban J connectivity index is 3.19. The molecule has 1 aromatic carbocycles. The third-order valence-electron chi connectivity index (χ3n) is 1.63. The van der Waals surface area contributed by atoms with Crippen molar-refractivity contribution in [2.75, 3.05) is 7.11 Å². The van der Waals surface area contributed by atoms with E-state index < -0.39 is 11.6 Å². The number of hydrogen-bond donors (Lipinski definition) is 0. The number of nitrogens with zero attached hydrogens (tertiary/aromatic N) is 1. The first-order chi connectivity index (χ1) is 6.56. The van der Waals surface area contributed by atoms with Gasteiger partial charge in [0.15, 0.2) is 0 Å². The van der Waals surface area contributed by atoms with Crippen LogP contribution in [-0.4, -0.2) is 12.8 Å². The van der Waals surface area contributed by atoms with Crippen LogP contribution in [-0.2, 0) is 4.84 Å². The Bertz CT molecular complexity index is 356.